The lowest BCUT2D eigenvalue weighted by atomic mass is 10.2. The van der Waals surface area contributed by atoms with Gasteiger partial charge in [0.25, 0.3) is 0 Å². The zero-order valence-corrected chi connectivity index (χ0v) is 12.1. The number of amides is 1. The maximum atomic E-state index is 12.0. The molecule has 0 spiro atoms. The lowest BCUT2D eigenvalue weighted by molar-refractivity contribution is -0.121. The van der Waals surface area contributed by atoms with Crippen LogP contribution in [-0.4, -0.2) is 47.8 Å². The van der Waals surface area contributed by atoms with Crippen molar-refractivity contribution < 1.29 is 9.59 Å². The summed E-state index contributed by atoms with van der Waals surface area (Å²) in [5.41, 5.74) is 0.662. The van der Waals surface area contributed by atoms with E-state index in [-0.39, 0.29) is 24.8 Å². The third-order valence-electron chi connectivity index (χ3n) is 2.76. The fraction of sp³-hybridized carbons (Fsp3) is 0.571. The average Bonchev–Trinajstić information content (AvgIpc) is 2.72. The number of ketones is 1. The molecule has 0 saturated heterocycles. The highest BCUT2D eigenvalue weighted by molar-refractivity contribution is 5.96. The number of rotatable bonds is 7. The van der Waals surface area contributed by atoms with E-state index in [2.05, 4.69) is 5.32 Å². The Labute approximate surface area is 114 Å². The minimum Gasteiger partial charge on any atom is -0.355 e. The van der Waals surface area contributed by atoms with Crippen LogP contribution in [-0.2, 0) is 11.8 Å². The lowest BCUT2D eigenvalue weighted by Crippen LogP contribution is -2.39. The molecule has 0 aliphatic rings. The third kappa shape index (κ3) is 5.26. The Kier molecular flexibility index (Phi) is 5.76. The van der Waals surface area contributed by atoms with E-state index >= 15 is 0 Å². The van der Waals surface area contributed by atoms with Gasteiger partial charge in [0.15, 0.2) is 5.78 Å². The molecule has 1 amide bonds. The van der Waals surface area contributed by atoms with Gasteiger partial charge in [-0.15, -0.1) is 0 Å². The molecular weight excluding hydrogens is 242 g/mol. The summed E-state index contributed by atoms with van der Waals surface area (Å²) in [6.45, 7) is 5.24. The highest BCUT2D eigenvalue weighted by Gasteiger charge is 2.14. The lowest BCUT2D eigenvalue weighted by Gasteiger charge is -2.16. The monoisotopic (exact) mass is 265 g/mol. The maximum Gasteiger partial charge on any atom is 0.234 e. The standard InChI is InChI=1S/C14H23N3O2/c1-11(2)8-15-14(19)10-16(3)9-13(18)12-6-5-7-17(12)4/h5-7,11H,8-10H2,1-4H3,(H,15,19). The van der Waals surface area contributed by atoms with Crippen LogP contribution in [0.3, 0.4) is 0 Å². The second kappa shape index (κ2) is 7.09. The zero-order chi connectivity index (χ0) is 14.4. The van der Waals surface area contributed by atoms with Crippen LogP contribution >= 0.6 is 0 Å². The van der Waals surface area contributed by atoms with E-state index in [0.717, 1.165) is 0 Å². The first-order valence-electron chi connectivity index (χ1n) is 6.50. The molecule has 0 saturated carbocycles. The molecule has 0 aliphatic heterocycles. The molecule has 0 aromatic carbocycles. The van der Waals surface area contributed by atoms with Gasteiger partial charge in [0.2, 0.25) is 5.91 Å². The molecule has 0 aliphatic carbocycles. The molecule has 0 unspecified atom stereocenters. The van der Waals surface area contributed by atoms with Gasteiger partial charge in [-0.3, -0.25) is 14.5 Å². The highest BCUT2D eigenvalue weighted by Crippen LogP contribution is 2.02. The number of likely N-dealkylation sites (N-methyl/N-ethyl adjacent to an activating group) is 1. The Hall–Kier alpha value is -1.62. The Balaban J connectivity index is 2.39. The van der Waals surface area contributed by atoms with Gasteiger partial charge in [-0.05, 0) is 25.1 Å². The minimum absolute atomic E-state index is 0.0201. The predicted molar refractivity (Wildman–Crippen MR) is 75.1 cm³/mol. The van der Waals surface area contributed by atoms with Crippen molar-refractivity contribution in [2.24, 2.45) is 13.0 Å². The van der Waals surface area contributed by atoms with Crippen molar-refractivity contribution in [3.63, 3.8) is 0 Å². The fourth-order valence-corrected chi connectivity index (χ4v) is 1.75. The molecule has 1 aromatic rings. The van der Waals surface area contributed by atoms with Crippen molar-refractivity contribution >= 4 is 11.7 Å². The van der Waals surface area contributed by atoms with Crippen LogP contribution in [0, 0.1) is 5.92 Å². The van der Waals surface area contributed by atoms with Crippen LogP contribution in [0.5, 0.6) is 0 Å². The van der Waals surface area contributed by atoms with Crippen molar-refractivity contribution in [3.8, 4) is 0 Å². The average molecular weight is 265 g/mol. The Morgan fingerprint density at radius 1 is 1.37 bits per heavy atom. The van der Waals surface area contributed by atoms with Gasteiger partial charge in [-0.25, -0.2) is 0 Å². The van der Waals surface area contributed by atoms with E-state index < -0.39 is 0 Å². The Morgan fingerprint density at radius 2 is 2.05 bits per heavy atom. The number of hydrogen-bond acceptors (Lipinski definition) is 3. The van der Waals surface area contributed by atoms with Crippen LogP contribution in [0.25, 0.3) is 0 Å². The molecule has 19 heavy (non-hydrogen) atoms. The highest BCUT2D eigenvalue weighted by atomic mass is 16.2. The number of aryl methyl sites for hydroxylation is 1. The molecule has 1 aromatic heterocycles. The number of nitrogens with one attached hydrogen (secondary N) is 1. The first-order valence-corrected chi connectivity index (χ1v) is 6.50. The number of carbonyl (C=O) groups excluding carboxylic acids is 2. The summed E-state index contributed by atoms with van der Waals surface area (Å²) in [5, 5.41) is 2.84. The second-order valence-corrected chi connectivity index (χ2v) is 5.30. The number of aromatic nitrogens is 1. The quantitative estimate of drug-likeness (QED) is 0.746. The van der Waals surface area contributed by atoms with Gasteiger partial charge >= 0.3 is 0 Å². The zero-order valence-electron chi connectivity index (χ0n) is 12.1. The first kappa shape index (κ1) is 15.4. The summed E-state index contributed by atoms with van der Waals surface area (Å²) in [7, 11) is 3.61. The minimum atomic E-state index is -0.0455. The topological polar surface area (TPSA) is 54.3 Å². The van der Waals surface area contributed by atoms with E-state index in [9.17, 15) is 9.59 Å². The van der Waals surface area contributed by atoms with E-state index in [0.29, 0.717) is 18.2 Å². The largest absolute Gasteiger partial charge is 0.355 e. The van der Waals surface area contributed by atoms with Gasteiger partial charge in [-0.2, -0.15) is 0 Å². The van der Waals surface area contributed by atoms with Crippen molar-refractivity contribution in [1.29, 1.82) is 0 Å². The van der Waals surface area contributed by atoms with E-state index in [1.54, 1.807) is 22.6 Å². The van der Waals surface area contributed by atoms with Crippen molar-refractivity contribution in [1.82, 2.24) is 14.8 Å². The number of hydrogen-bond donors (Lipinski definition) is 1. The molecule has 1 heterocycles. The predicted octanol–water partition coefficient (Wildman–Crippen LogP) is 0.912. The molecular formula is C14H23N3O2. The SMILES string of the molecule is CC(C)CNC(=O)CN(C)CC(=O)c1cccn1C. The number of Topliss-reactive ketones (excluding diaryl/α,β-unsaturated/α-hetero) is 1. The molecule has 106 valence electrons. The Morgan fingerprint density at radius 3 is 2.58 bits per heavy atom. The molecule has 0 atom stereocenters. The van der Waals surface area contributed by atoms with Crippen molar-refractivity contribution in [2.45, 2.75) is 13.8 Å². The third-order valence-corrected chi connectivity index (χ3v) is 2.76. The summed E-state index contributed by atoms with van der Waals surface area (Å²) < 4.78 is 1.79. The molecule has 1 rings (SSSR count). The fourth-order valence-electron chi connectivity index (χ4n) is 1.75. The van der Waals surface area contributed by atoms with E-state index in [1.165, 1.54) is 0 Å². The van der Waals surface area contributed by atoms with Gasteiger partial charge in [0.05, 0.1) is 18.8 Å². The molecule has 0 bridgehead atoms. The first-order chi connectivity index (χ1) is 8.90. The Bertz CT molecular complexity index is 438. The van der Waals surface area contributed by atoms with Gasteiger partial charge in [-0.1, -0.05) is 13.8 Å². The summed E-state index contributed by atoms with van der Waals surface area (Å²) >= 11 is 0. The van der Waals surface area contributed by atoms with Gasteiger partial charge in [0, 0.05) is 19.8 Å². The molecule has 5 nitrogen and oxygen atoms in total. The van der Waals surface area contributed by atoms with E-state index in [4.69, 9.17) is 0 Å². The molecule has 0 radical (unpaired) electrons. The van der Waals surface area contributed by atoms with Crippen LogP contribution in [0.4, 0.5) is 0 Å². The van der Waals surface area contributed by atoms with Crippen LogP contribution in [0.1, 0.15) is 24.3 Å². The maximum absolute atomic E-state index is 12.0. The molecule has 0 fully saturated rings. The summed E-state index contributed by atoms with van der Waals surface area (Å²) in [4.78, 5) is 25.3. The van der Waals surface area contributed by atoms with E-state index in [1.807, 2.05) is 33.2 Å². The van der Waals surface area contributed by atoms with Crippen LogP contribution in [0.2, 0.25) is 0 Å². The van der Waals surface area contributed by atoms with Gasteiger partial charge < -0.3 is 9.88 Å². The normalized spacial score (nSPS) is 11.1. The molecule has 1 N–H and O–H groups in total. The summed E-state index contributed by atoms with van der Waals surface area (Å²) in [6, 6.07) is 3.62. The number of carbonyl (C=O) groups is 2. The van der Waals surface area contributed by atoms with Crippen molar-refractivity contribution in [2.75, 3.05) is 26.7 Å². The van der Waals surface area contributed by atoms with Gasteiger partial charge in [0.1, 0.15) is 0 Å². The number of nitrogens with zero attached hydrogens (tertiary/aromatic N) is 2. The van der Waals surface area contributed by atoms with Crippen LogP contribution in [0.15, 0.2) is 18.3 Å². The van der Waals surface area contributed by atoms with Crippen LogP contribution < -0.4 is 5.32 Å². The molecule has 5 heteroatoms. The summed E-state index contributed by atoms with van der Waals surface area (Å²) in [5.74, 6) is 0.404. The van der Waals surface area contributed by atoms with Crippen molar-refractivity contribution in [3.05, 3.63) is 24.0 Å². The second-order valence-electron chi connectivity index (χ2n) is 5.30. The summed E-state index contributed by atoms with van der Waals surface area (Å²) in [6.07, 6.45) is 1.84. The smallest absolute Gasteiger partial charge is 0.234 e.